The van der Waals surface area contributed by atoms with E-state index >= 15 is 0 Å². The maximum Gasteiger partial charge on any atom is 0.242 e. The van der Waals surface area contributed by atoms with Crippen molar-refractivity contribution in [1.82, 2.24) is 9.21 Å². The van der Waals surface area contributed by atoms with Gasteiger partial charge in [0, 0.05) is 32.1 Å². The zero-order chi connectivity index (χ0) is 21.4. The number of likely N-dealkylation sites (N-methyl/N-ethyl adjacent to an activating group) is 1. The summed E-state index contributed by atoms with van der Waals surface area (Å²) in [4.78, 5) is 13.8. The minimum Gasteiger partial charge on any atom is -0.492 e. The number of sulfonamides is 1. The topological polar surface area (TPSA) is 66.9 Å². The smallest absolute Gasteiger partial charge is 0.242 e. The van der Waals surface area contributed by atoms with Gasteiger partial charge in [-0.05, 0) is 55.0 Å². The van der Waals surface area contributed by atoms with E-state index in [4.69, 9.17) is 16.3 Å². The molecule has 0 saturated heterocycles. The number of carbonyl (C=O) groups excluding carboxylic acids is 1. The van der Waals surface area contributed by atoms with Gasteiger partial charge in [0.2, 0.25) is 15.9 Å². The van der Waals surface area contributed by atoms with Crippen LogP contribution in [-0.2, 0) is 14.8 Å². The van der Waals surface area contributed by atoms with E-state index < -0.39 is 15.8 Å². The van der Waals surface area contributed by atoms with Crippen LogP contribution in [0.15, 0.2) is 53.4 Å². The van der Waals surface area contributed by atoms with E-state index in [0.717, 1.165) is 16.4 Å². The minimum absolute atomic E-state index is 0.0178. The van der Waals surface area contributed by atoms with E-state index in [-0.39, 0.29) is 23.8 Å². The van der Waals surface area contributed by atoms with E-state index in [1.54, 1.807) is 36.2 Å². The Bertz CT molecular complexity index is 905. The van der Waals surface area contributed by atoms with Crippen LogP contribution in [0.4, 0.5) is 4.39 Å². The lowest BCUT2D eigenvalue weighted by atomic mass is 10.3. The normalized spacial score (nSPS) is 11.5. The highest BCUT2D eigenvalue weighted by Crippen LogP contribution is 2.16. The van der Waals surface area contributed by atoms with Gasteiger partial charge in [-0.3, -0.25) is 4.79 Å². The van der Waals surface area contributed by atoms with Crippen LogP contribution >= 0.6 is 11.6 Å². The van der Waals surface area contributed by atoms with Crippen molar-refractivity contribution < 1.29 is 22.3 Å². The molecule has 2 aromatic rings. The third-order valence-electron chi connectivity index (χ3n) is 4.32. The van der Waals surface area contributed by atoms with Crippen molar-refractivity contribution in [2.45, 2.75) is 17.7 Å². The van der Waals surface area contributed by atoms with Gasteiger partial charge in [-0.1, -0.05) is 11.6 Å². The Morgan fingerprint density at radius 3 is 2.28 bits per heavy atom. The van der Waals surface area contributed by atoms with Crippen LogP contribution in [0.25, 0.3) is 0 Å². The monoisotopic (exact) mass is 442 g/mol. The number of carbonyl (C=O) groups is 1. The van der Waals surface area contributed by atoms with Crippen molar-refractivity contribution in [3.8, 4) is 5.75 Å². The molecule has 6 nitrogen and oxygen atoms in total. The molecule has 0 aliphatic rings. The summed E-state index contributed by atoms with van der Waals surface area (Å²) in [6, 6.07) is 11.6. The van der Waals surface area contributed by atoms with E-state index in [9.17, 15) is 17.6 Å². The van der Waals surface area contributed by atoms with Crippen molar-refractivity contribution in [1.29, 1.82) is 0 Å². The Morgan fingerprint density at radius 2 is 1.66 bits per heavy atom. The van der Waals surface area contributed by atoms with Crippen LogP contribution in [0.2, 0.25) is 5.02 Å². The molecule has 158 valence electrons. The van der Waals surface area contributed by atoms with Crippen molar-refractivity contribution in [3.63, 3.8) is 0 Å². The number of halogens is 2. The molecule has 9 heteroatoms. The zero-order valence-electron chi connectivity index (χ0n) is 16.3. The average Bonchev–Trinajstić information content (AvgIpc) is 2.69. The van der Waals surface area contributed by atoms with Gasteiger partial charge in [0.05, 0.1) is 11.4 Å². The Labute approximate surface area is 175 Å². The molecule has 1 amide bonds. The van der Waals surface area contributed by atoms with E-state index in [1.807, 2.05) is 0 Å². The van der Waals surface area contributed by atoms with Crippen LogP contribution in [0.3, 0.4) is 0 Å². The lowest BCUT2D eigenvalue weighted by Crippen LogP contribution is -2.32. The number of rotatable bonds is 10. The Morgan fingerprint density at radius 1 is 1.03 bits per heavy atom. The summed E-state index contributed by atoms with van der Waals surface area (Å²) in [6.07, 6.45) is 0.582. The van der Waals surface area contributed by atoms with Crippen molar-refractivity contribution in [2.24, 2.45) is 0 Å². The highest BCUT2D eigenvalue weighted by molar-refractivity contribution is 7.89. The molecule has 0 aliphatic heterocycles. The lowest BCUT2D eigenvalue weighted by molar-refractivity contribution is -0.130. The molecule has 0 aromatic heterocycles. The number of hydrogen-bond acceptors (Lipinski definition) is 4. The maximum atomic E-state index is 13.0. The maximum absolute atomic E-state index is 13.0. The average molecular weight is 443 g/mol. The largest absolute Gasteiger partial charge is 0.492 e. The Hall–Kier alpha value is -2.16. The highest BCUT2D eigenvalue weighted by Gasteiger charge is 2.21. The molecular weight excluding hydrogens is 419 g/mol. The van der Waals surface area contributed by atoms with Gasteiger partial charge < -0.3 is 9.64 Å². The molecule has 0 spiro atoms. The van der Waals surface area contributed by atoms with Gasteiger partial charge in [-0.15, -0.1) is 0 Å². The van der Waals surface area contributed by atoms with Crippen LogP contribution in [0.1, 0.15) is 12.8 Å². The summed E-state index contributed by atoms with van der Waals surface area (Å²) >= 11 is 5.81. The van der Waals surface area contributed by atoms with Crippen molar-refractivity contribution >= 4 is 27.5 Å². The summed E-state index contributed by atoms with van der Waals surface area (Å²) in [5, 5.41) is 0.621. The van der Waals surface area contributed by atoms with Crippen molar-refractivity contribution in [2.75, 3.05) is 33.8 Å². The number of benzene rings is 2. The Balaban J connectivity index is 1.73. The quantitative estimate of drug-likeness (QED) is 0.565. The fourth-order valence-electron chi connectivity index (χ4n) is 2.51. The zero-order valence-corrected chi connectivity index (χ0v) is 17.9. The molecule has 2 aromatic carbocycles. The first-order valence-corrected chi connectivity index (χ1v) is 10.9. The number of hydrogen-bond donors (Lipinski definition) is 0. The summed E-state index contributed by atoms with van der Waals surface area (Å²) < 4.78 is 44.6. The van der Waals surface area contributed by atoms with E-state index in [2.05, 4.69) is 0 Å². The van der Waals surface area contributed by atoms with Gasteiger partial charge in [0.1, 0.15) is 18.2 Å². The van der Waals surface area contributed by atoms with Crippen LogP contribution in [0, 0.1) is 5.82 Å². The summed E-state index contributed by atoms with van der Waals surface area (Å²) in [5.74, 6) is 0.0699. The van der Waals surface area contributed by atoms with Gasteiger partial charge in [-0.25, -0.2) is 17.1 Å². The second kappa shape index (κ2) is 10.6. The van der Waals surface area contributed by atoms with Crippen LogP contribution in [0.5, 0.6) is 5.75 Å². The van der Waals surface area contributed by atoms with Gasteiger partial charge >= 0.3 is 0 Å². The summed E-state index contributed by atoms with van der Waals surface area (Å²) in [7, 11) is -0.599. The number of amides is 1. The van der Waals surface area contributed by atoms with Gasteiger partial charge in [-0.2, -0.15) is 0 Å². The number of nitrogens with zero attached hydrogens (tertiary/aromatic N) is 2. The lowest BCUT2D eigenvalue weighted by Gasteiger charge is -2.19. The second-order valence-corrected chi connectivity index (χ2v) is 8.98. The fourth-order valence-corrected chi connectivity index (χ4v) is 3.84. The predicted octanol–water partition coefficient (Wildman–Crippen LogP) is 3.42. The van der Waals surface area contributed by atoms with Crippen molar-refractivity contribution in [3.05, 3.63) is 59.4 Å². The second-order valence-electron chi connectivity index (χ2n) is 6.50. The molecule has 0 N–H and O–H groups in total. The summed E-state index contributed by atoms with van der Waals surface area (Å²) in [6.45, 7) is 0.925. The van der Waals surface area contributed by atoms with Gasteiger partial charge in [0.15, 0.2) is 0 Å². The molecule has 29 heavy (non-hydrogen) atoms. The molecule has 0 aliphatic carbocycles. The molecule has 0 bridgehead atoms. The molecule has 2 rings (SSSR count). The van der Waals surface area contributed by atoms with Crippen LogP contribution < -0.4 is 4.74 Å². The standard InChI is InChI=1S/C20H24ClFN2O4S/c1-23(14-15-28-18-9-5-16(21)6-10-18)20(25)4-3-13-24(2)29(26,27)19-11-7-17(22)8-12-19/h5-12H,3-4,13-15H2,1-2H3. The summed E-state index contributed by atoms with van der Waals surface area (Å²) in [5.41, 5.74) is 0. The third-order valence-corrected chi connectivity index (χ3v) is 6.44. The Kier molecular flexibility index (Phi) is 8.43. The SMILES string of the molecule is CN(CCOc1ccc(Cl)cc1)C(=O)CCCN(C)S(=O)(=O)c1ccc(F)cc1. The molecule has 0 saturated carbocycles. The predicted molar refractivity (Wildman–Crippen MR) is 110 cm³/mol. The molecule has 0 heterocycles. The van der Waals surface area contributed by atoms with E-state index in [1.165, 1.54) is 19.2 Å². The first-order chi connectivity index (χ1) is 13.7. The molecular formula is C20H24ClFN2O4S. The minimum atomic E-state index is -3.71. The van der Waals surface area contributed by atoms with Crippen LogP contribution in [-0.4, -0.2) is 57.3 Å². The van der Waals surface area contributed by atoms with Gasteiger partial charge in [0.25, 0.3) is 0 Å². The molecule has 0 unspecified atom stereocenters. The molecule has 0 fully saturated rings. The first-order valence-electron chi connectivity index (χ1n) is 9.04. The molecule has 0 atom stereocenters. The first kappa shape index (κ1) is 23.1. The van der Waals surface area contributed by atoms with E-state index in [0.29, 0.717) is 30.3 Å². The highest BCUT2D eigenvalue weighted by atomic mass is 35.5. The third kappa shape index (κ3) is 6.99. The molecule has 0 radical (unpaired) electrons. The fraction of sp³-hybridized carbons (Fsp3) is 0.350. The number of ether oxygens (including phenoxy) is 1.